The van der Waals surface area contributed by atoms with Gasteiger partial charge in [0.15, 0.2) is 11.5 Å². The molecule has 0 radical (unpaired) electrons. The van der Waals surface area contributed by atoms with Crippen LogP contribution in [0.25, 0.3) is 0 Å². The molecule has 3 rings (SSSR count). The minimum absolute atomic E-state index is 0.00115. The van der Waals surface area contributed by atoms with Gasteiger partial charge < -0.3 is 11.1 Å². The summed E-state index contributed by atoms with van der Waals surface area (Å²) < 4.78 is 14.3. The number of aryl methyl sites for hydroxylation is 1. The molecule has 3 N–H and O–H groups in total. The maximum atomic E-state index is 13.0. The Bertz CT molecular complexity index is 923. The number of nitrogens with two attached hydrogens (primary N) is 1. The van der Waals surface area contributed by atoms with E-state index in [2.05, 4.69) is 15.6 Å². The fraction of sp³-hybridized carbons (Fsp3) is 0.118. The van der Waals surface area contributed by atoms with Crippen molar-refractivity contribution in [2.24, 2.45) is 0 Å². The SMILES string of the molecule is Cc1ccc(NC(=O)c2nnn(Cc3ccc(F)cc3)c2N)c(Cl)c1. The van der Waals surface area contributed by atoms with Crippen LogP contribution in [0.1, 0.15) is 21.6 Å². The van der Waals surface area contributed by atoms with Crippen molar-refractivity contribution >= 4 is 29.0 Å². The number of amides is 1. The van der Waals surface area contributed by atoms with E-state index in [1.54, 1.807) is 24.3 Å². The number of nitrogens with zero attached hydrogens (tertiary/aromatic N) is 3. The highest BCUT2D eigenvalue weighted by molar-refractivity contribution is 6.34. The number of carbonyl (C=O) groups excluding carboxylic acids is 1. The molecule has 0 fully saturated rings. The summed E-state index contributed by atoms with van der Waals surface area (Å²) in [5, 5.41) is 10.8. The number of aromatic nitrogens is 3. The van der Waals surface area contributed by atoms with Gasteiger partial charge in [-0.2, -0.15) is 0 Å². The van der Waals surface area contributed by atoms with Gasteiger partial charge in [0.2, 0.25) is 0 Å². The van der Waals surface area contributed by atoms with E-state index in [1.807, 2.05) is 13.0 Å². The van der Waals surface area contributed by atoms with E-state index >= 15 is 0 Å². The van der Waals surface area contributed by atoms with Crippen LogP contribution in [0.5, 0.6) is 0 Å². The van der Waals surface area contributed by atoms with Crippen LogP contribution in [0.15, 0.2) is 42.5 Å². The summed E-state index contributed by atoms with van der Waals surface area (Å²) in [5.74, 6) is -0.718. The maximum Gasteiger partial charge on any atom is 0.280 e. The number of halogens is 2. The van der Waals surface area contributed by atoms with E-state index in [0.717, 1.165) is 11.1 Å². The first-order valence-corrected chi connectivity index (χ1v) is 7.83. The molecule has 0 saturated heterocycles. The summed E-state index contributed by atoms with van der Waals surface area (Å²) in [6.45, 7) is 2.17. The first-order chi connectivity index (χ1) is 11.9. The first kappa shape index (κ1) is 16.9. The second-order valence-corrected chi connectivity index (χ2v) is 5.95. The van der Waals surface area contributed by atoms with Crippen LogP contribution in [0.2, 0.25) is 5.02 Å². The Morgan fingerprint density at radius 2 is 2.00 bits per heavy atom. The maximum absolute atomic E-state index is 13.0. The lowest BCUT2D eigenvalue weighted by Crippen LogP contribution is -2.15. The predicted molar refractivity (Wildman–Crippen MR) is 94.1 cm³/mol. The number of hydrogen-bond donors (Lipinski definition) is 2. The van der Waals surface area contributed by atoms with E-state index in [0.29, 0.717) is 10.7 Å². The highest BCUT2D eigenvalue weighted by Crippen LogP contribution is 2.23. The monoisotopic (exact) mass is 359 g/mol. The van der Waals surface area contributed by atoms with Crippen LogP contribution in [0.4, 0.5) is 15.9 Å². The summed E-state index contributed by atoms with van der Waals surface area (Å²) in [6.07, 6.45) is 0. The van der Waals surface area contributed by atoms with Gasteiger partial charge in [-0.15, -0.1) is 5.10 Å². The molecular weight excluding hydrogens is 345 g/mol. The van der Waals surface area contributed by atoms with Crippen molar-refractivity contribution in [2.75, 3.05) is 11.1 Å². The van der Waals surface area contributed by atoms with Crippen molar-refractivity contribution in [2.45, 2.75) is 13.5 Å². The minimum atomic E-state index is -0.506. The van der Waals surface area contributed by atoms with Crippen LogP contribution >= 0.6 is 11.6 Å². The molecular formula is C17H15ClFN5O. The fourth-order valence-electron chi connectivity index (χ4n) is 2.26. The summed E-state index contributed by atoms with van der Waals surface area (Å²) >= 11 is 6.11. The molecule has 0 spiro atoms. The van der Waals surface area contributed by atoms with Crippen LogP contribution in [-0.4, -0.2) is 20.9 Å². The molecule has 1 amide bonds. The number of nitrogens with one attached hydrogen (secondary N) is 1. The topological polar surface area (TPSA) is 85.8 Å². The van der Waals surface area contributed by atoms with Crippen LogP contribution in [0.3, 0.4) is 0 Å². The average molecular weight is 360 g/mol. The van der Waals surface area contributed by atoms with E-state index in [4.69, 9.17) is 17.3 Å². The first-order valence-electron chi connectivity index (χ1n) is 7.45. The number of anilines is 2. The number of nitrogen functional groups attached to an aromatic ring is 1. The van der Waals surface area contributed by atoms with Gasteiger partial charge in [-0.05, 0) is 42.3 Å². The van der Waals surface area contributed by atoms with E-state index < -0.39 is 5.91 Å². The second-order valence-electron chi connectivity index (χ2n) is 5.54. The summed E-state index contributed by atoms with van der Waals surface area (Å²) in [6, 6.07) is 11.2. The molecule has 0 aliphatic rings. The molecule has 8 heteroatoms. The Morgan fingerprint density at radius 1 is 1.28 bits per heavy atom. The molecule has 6 nitrogen and oxygen atoms in total. The zero-order valence-corrected chi connectivity index (χ0v) is 14.1. The van der Waals surface area contributed by atoms with E-state index in [9.17, 15) is 9.18 Å². The normalized spacial score (nSPS) is 10.7. The predicted octanol–water partition coefficient (Wildman–Crippen LogP) is 3.26. The second kappa shape index (κ2) is 6.90. The lowest BCUT2D eigenvalue weighted by Gasteiger charge is -2.07. The highest BCUT2D eigenvalue weighted by atomic mass is 35.5. The summed E-state index contributed by atoms with van der Waals surface area (Å²) in [4.78, 5) is 12.4. The van der Waals surface area contributed by atoms with Gasteiger partial charge in [-0.1, -0.05) is 35.0 Å². The van der Waals surface area contributed by atoms with Crippen LogP contribution < -0.4 is 11.1 Å². The largest absolute Gasteiger partial charge is 0.382 e. The Morgan fingerprint density at radius 3 is 2.68 bits per heavy atom. The molecule has 0 saturated carbocycles. The zero-order valence-electron chi connectivity index (χ0n) is 13.3. The number of benzene rings is 2. The Labute approximate surface area is 148 Å². The van der Waals surface area contributed by atoms with Gasteiger partial charge >= 0.3 is 0 Å². The smallest absolute Gasteiger partial charge is 0.280 e. The lowest BCUT2D eigenvalue weighted by atomic mass is 10.2. The molecule has 0 bridgehead atoms. The van der Waals surface area contributed by atoms with Crippen LogP contribution in [0, 0.1) is 12.7 Å². The minimum Gasteiger partial charge on any atom is -0.382 e. The molecule has 0 aliphatic heterocycles. The van der Waals surface area contributed by atoms with Crippen LogP contribution in [-0.2, 0) is 6.54 Å². The van der Waals surface area contributed by atoms with Crippen molar-refractivity contribution in [3.8, 4) is 0 Å². The van der Waals surface area contributed by atoms with Crippen molar-refractivity contribution < 1.29 is 9.18 Å². The molecule has 1 aromatic heterocycles. The Hall–Kier alpha value is -2.93. The van der Waals surface area contributed by atoms with Gasteiger partial charge in [0.05, 0.1) is 17.3 Å². The van der Waals surface area contributed by atoms with Crippen molar-refractivity contribution in [1.82, 2.24) is 15.0 Å². The van der Waals surface area contributed by atoms with Gasteiger partial charge in [0.1, 0.15) is 5.82 Å². The molecule has 25 heavy (non-hydrogen) atoms. The molecule has 1 heterocycles. The molecule has 0 unspecified atom stereocenters. The number of carbonyl (C=O) groups is 1. The van der Waals surface area contributed by atoms with E-state index in [1.165, 1.54) is 16.8 Å². The highest BCUT2D eigenvalue weighted by Gasteiger charge is 2.18. The van der Waals surface area contributed by atoms with Crippen molar-refractivity contribution in [3.63, 3.8) is 0 Å². The van der Waals surface area contributed by atoms with Crippen molar-refractivity contribution in [3.05, 3.63) is 70.1 Å². The molecule has 128 valence electrons. The number of hydrogen-bond acceptors (Lipinski definition) is 4. The Balaban J connectivity index is 1.77. The molecule has 2 aromatic carbocycles. The van der Waals surface area contributed by atoms with Crippen molar-refractivity contribution in [1.29, 1.82) is 0 Å². The third kappa shape index (κ3) is 3.77. The summed E-state index contributed by atoms with van der Waals surface area (Å²) in [7, 11) is 0. The van der Waals surface area contributed by atoms with E-state index in [-0.39, 0.29) is 23.9 Å². The molecule has 0 atom stereocenters. The van der Waals surface area contributed by atoms with Gasteiger partial charge in [0, 0.05) is 0 Å². The quantitative estimate of drug-likeness (QED) is 0.748. The average Bonchev–Trinajstić information content (AvgIpc) is 2.93. The molecule has 0 aliphatic carbocycles. The fourth-order valence-corrected chi connectivity index (χ4v) is 2.55. The Kier molecular flexibility index (Phi) is 4.67. The van der Waals surface area contributed by atoms with Gasteiger partial charge in [0.25, 0.3) is 5.91 Å². The third-order valence-corrected chi connectivity index (χ3v) is 3.92. The standard InChI is InChI=1S/C17H15ClFN5O/c1-10-2-7-14(13(18)8-10)21-17(25)15-16(20)24(23-22-15)9-11-3-5-12(19)6-4-11/h2-8H,9,20H2,1H3,(H,21,25). The lowest BCUT2D eigenvalue weighted by molar-refractivity contribution is 0.102. The summed E-state index contributed by atoms with van der Waals surface area (Å²) in [5.41, 5.74) is 8.19. The van der Waals surface area contributed by atoms with Gasteiger partial charge in [-0.3, -0.25) is 4.79 Å². The third-order valence-electron chi connectivity index (χ3n) is 3.61. The molecule has 3 aromatic rings. The zero-order chi connectivity index (χ0) is 18.0. The number of rotatable bonds is 4. The van der Waals surface area contributed by atoms with Gasteiger partial charge in [-0.25, -0.2) is 9.07 Å².